The smallest absolute Gasteiger partial charge is 0.303 e. The van der Waals surface area contributed by atoms with Gasteiger partial charge in [0.05, 0.1) is 6.61 Å². The first-order valence-corrected chi connectivity index (χ1v) is 12.7. The number of hydrogen-bond donors (Lipinski definition) is 2. The maximum Gasteiger partial charge on any atom is 0.303 e. The van der Waals surface area contributed by atoms with Crippen molar-refractivity contribution >= 4 is 5.97 Å². The van der Waals surface area contributed by atoms with Gasteiger partial charge < -0.3 is 14.8 Å². The standard InChI is InChI=1S/C31H28F3NO4/c32-25-10-6-20(7-11-25)30(21-8-12-26(33)13-9-21)24-17-23(31(38)35-19-24)4-1-3-22-18-27(14-15-28(22)34)39-16-2-5-29(36)37/h6-15,17-19,30H,1-5,16H2,(H,35,38)(H,36,37). The maximum atomic E-state index is 14.4. The van der Waals surface area contributed by atoms with E-state index >= 15 is 0 Å². The van der Waals surface area contributed by atoms with Gasteiger partial charge in [0.2, 0.25) is 0 Å². The molecule has 202 valence electrons. The van der Waals surface area contributed by atoms with Gasteiger partial charge in [0.25, 0.3) is 5.56 Å². The Morgan fingerprint density at radius 2 is 1.41 bits per heavy atom. The Morgan fingerprint density at radius 3 is 2.03 bits per heavy atom. The fourth-order valence-corrected chi connectivity index (χ4v) is 4.51. The molecule has 4 aromatic rings. The number of pyridine rings is 1. The number of aromatic amines is 1. The van der Waals surface area contributed by atoms with E-state index < -0.39 is 5.97 Å². The number of benzene rings is 3. The number of H-pyrrole nitrogens is 1. The van der Waals surface area contributed by atoms with Crippen LogP contribution in [-0.4, -0.2) is 22.7 Å². The predicted octanol–water partition coefficient (Wildman–Crippen LogP) is 6.39. The van der Waals surface area contributed by atoms with Crippen LogP contribution in [0.1, 0.15) is 53.0 Å². The van der Waals surface area contributed by atoms with Crippen molar-refractivity contribution < 1.29 is 27.8 Å². The van der Waals surface area contributed by atoms with Crippen molar-refractivity contribution in [1.82, 2.24) is 4.98 Å². The summed E-state index contributed by atoms with van der Waals surface area (Å²) in [6.45, 7) is 0.211. The second-order valence-corrected chi connectivity index (χ2v) is 9.28. The van der Waals surface area contributed by atoms with Crippen molar-refractivity contribution in [3.8, 4) is 5.75 Å². The molecule has 8 heteroatoms. The number of rotatable bonds is 12. The van der Waals surface area contributed by atoms with Gasteiger partial charge in [-0.25, -0.2) is 13.2 Å². The summed E-state index contributed by atoms with van der Waals surface area (Å²) in [5.41, 5.74) is 3.01. The van der Waals surface area contributed by atoms with E-state index in [-0.39, 0.29) is 42.0 Å². The van der Waals surface area contributed by atoms with E-state index in [0.29, 0.717) is 42.6 Å². The summed E-state index contributed by atoms with van der Waals surface area (Å²) in [6.07, 6.45) is 3.17. The predicted molar refractivity (Wildman–Crippen MR) is 142 cm³/mol. The van der Waals surface area contributed by atoms with Crippen LogP contribution in [0.25, 0.3) is 0 Å². The number of halogens is 3. The lowest BCUT2D eigenvalue weighted by Gasteiger charge is -2.19. The molecule has 1 heterocycles. The minimum Gasteiger partial charge on any atom is -0.494 e. The minimum atomic E-state index is -0.904. The molecule has 0 atom stereocenters. The number of aromatic nitrogens is 1. The van der Waals surface area contributed by atoms with Gasteiger partial charge >= 0.3 is 5.97 Å². The fourth-order valence-electron chi connectivity index (χ4n) is 4.51. The molecule has 0 bridgehead atoms. The maximum absolute atomic E-state index is 14.4. The Morgan fingerprint density at radius 1 is 0.795 bits per heavy atom. The molecule has 0 aliphatic carbocycles. The highest BCUT2D eigenvalue weighted by Crippen LogP contribution is 2.32. The molecule has 0 unspecified atom stereocenters. The van der Waals surface area contributed by atoms with E-state index in [1.165, 1.54) is 36.4 Å². The van der Waals surface area contributed by atoms with Crippen molar-refractivity contribution in [3.05, 3.63) is 135 Å². The molecule has 0 saturated heterocycles. The zero-order valence-corrected chi connectivity index (χ0v) is 21.1. The SMILES string of the molecule is O=C(O)CCCOc1ccc(F)c(CCCc2cc(C(c3ccc(F)cc3)c3ccc(F)cc3)c[nH]c2=O)c1. The Balaban J connectivity index is 1.50. The molecule has 2 N–H and O–H groups in total. The van der Waals surface area contributed by atoms with Crippen molar-refractivity contribution in [3.63, 3.8) is 0 Å². The van der Waals surface area contributed by atoms with Gasteiger partial charge in [-0.1, -0.05) is 24.3 Å². The van der Waals surface area contributed by atoms with Crippen LogP contribution in [0.5, 0.6) is 5.75 Å². The average molecular weight is 536 g/mol. The van der Waals surface area contributed by atoms with Crippen LogP contribution < -0.4 is 10.3 Å². The van der Waals surface area contributed by atoms with Crippen LogP contribution in [0.15, 0.2) is 83.8 Å². The van der Waals surface area contributed by atoms with Gasteiger partial charge in [-0.05, 0) is 96.5 Å². The molecule has 39 heavy (non-hydrogen) atoms. The summed E-state index contributed by atoms with van der Waals surface area (Å²) in [5.74, 6) is -1.95. The normalized spacial score (nSPS) is 11.1. The molecule has 0 saturated carbocycles. The fraction of sp³-hybridized carbons (Fsp3) is 0.226. The van der Waals surface area contributed by atoms with Crippen LogP contribution in [-0.2, 0) is 17.6 Å². The number of ether oxygens (including phenoxy) is 1. The Bertz CT molecular complexity index is 1420. The molecular formula is C31H28F3NO4. The molecule has 0 fully saturated rings. The Hall–Kier alpha value is -4.33. The summed E-state index contributed by atoms with van der Waals surface area (Å²) in [7, 11) is 0. The molecule has 1 aromatic heterocycles. The van der Waals surface area contributed by atoms with E-state index in [2.05, 4.69) is 4.98 Å². The summed E-state index contributed by atoms with van der Waals surface area (Å²) in [6, 6.07) is 18.3. The largest absolute Gasteiger partial charge is 0.494 e. The molecule has 0 spiro atoms. The van der Waals surface area contributed by atoms with E-state index in [4.69, 9.17) is 9.84 Å². The van der Waals surface area contributed by atoms with Crippen molar-refractivity contribution in [1.29, 1.82) is 0 Å². The topological polar surface area (TPSA) is 79.4 Å². The molecule has 0 aliphatic heterocycles. The monoisotopic (exact) mass is 535 g/mol. The van der Waals surface area contributed by atoms with Gasteiger partial charge in [-0.2, -0.15) is 0 Å². The van der Waals surface area contributed by atoms with E-state index in [1.54, 1.807) is 42.6 Å². The zero-order valence-electron chi connectivity index (χ0n) is 21.1. The lowest BCUT2D eigenvalue weighted by Crippen LogP contribution is -2.15. The van der Waals surface area contributed by atoms with Gasteiger partial charge in [0.1, 0.15) is 23.2 Å². The molecule has 3 aromatic carbocycles. The highest BCUT2D eigenvalue weighted by molar-refractivity contribution is 5.66. The van der Waals surface area contributed by atoms with Crippen LogP contribution in [0.2, 0.25) is 0 Å². The van der Waals surface area contributed by atoms with Gasteiger partial charge in [-0.15, -0.1) is 0 Å². The highest BCUT2D eigenvalue weighted by Gasteiger charge is 2.19. The van der Waals surface area contributed by atoms with Crippen LogP contribution >= 0.6 is 0 Å². The van der Waals surface area contributed by atoms with E-state index in [1.807, 2.05) is 0 Å². The van der Waals surface area contributed by atoms with Crippen molar-refractivity contribution in [2.75, 3.05) is 6.61 Å². The third-order valence-corrected chi connectivity index (χ3v) is 6.46. The number of aliphatic carboxylic acids is 1. The number of carboxylic acid groups (broad SMARTS) is 1. The van der Waals surface area contributed by atoms with Crippen molar-refractivity contribution in [2.24, 2.45) is 0 Å². The first-order valence-electron chi connectivity index (χ1n) is 12.7. The van der Waals surface area contributed by atoms with Crippen LogP contribution in [0, 0.1) is 17.5 Å². The average Bonchev–Trinajstić information content (AvgIpc) is 2.92. The Kier molecular flexibility index (Phi) is 9.20. The zero-order chi connectivity index (χ0) is 27.8. The first-order chi connectivity index (χ1) is 18.8. The van der Waals surface area contributed by atoms with Crippen molar-refractivity contribution in [2.45, 2.75) is 38.0 Å². The second-order valence-electron chi connectivity index (χ2n) is 9.28. The Labute approximate surface area is 223 Å². The summed E-state index contributed by atoms with van der Waals surface area (Å²) < 4.78 is 47.2. The molecular weight excluding hydrogens is 507 g/mol. The molecule has 4 rings (SSSR count). The number of hydrogen-bond acceptors (Lipinski definition) is 3. The van der Waals surface area contributed by atoms with E-state index in [9.17, 15) is 22.8 Å². The number of carboxylic acids is 1. The number of carbonyl (C=O) groups is 1. The number of nitrogens with one attached hydrogen (secondary N) is 1. The third kappa shape index (κ3) is 7.60. The minimum absolute atomic E-state index is 0.00909. The summed E-state index contributed by atoms with van der Waals surface area (Å²) in [4.78, 5) is 26.0. The summed E-state index contributed by atoms with van der Waals surface area (Å²) in [5, 5.41) is 8.73. The van der Waals surface area contributed by atoms with Gasteiger partial charge in [-0.3, -0.25) is 9.59 Å². The third-order valence-electron chi connectivity index (χ3n) is 6.46. The highest BCUT2D eigenvalue weighted by atomic mass is 19.1. The quantitative estimate of drug-likeness (QED) is 0.206. The van der Waals surface area contributed by atoms with Gasteiger partial charge in [0.15, 0.2) is 0 Å². The molecule has 0 radical (unpaired) electrons. The molecule has 5 nitrogen and oxygen atoms in total. The number of aryl methyl sites for hydroxylation is 2. The van der Waals surface area contributed by atoms with Crippen LogP contribution in [0.4, 0.5) is 13.2 Å². The molecule has 0 aliphatic rings. The van der Waals surface area contributed by atoms with Crippen LogP contribution in [0.3, 0.4) is 0 Å². The first kappa shape index (κ1) is 27.7. The lowest BCUT2D eigenvalue weighted by molar-refractivity contribution is -0.137. The van der Waals surface area contributed by atoms with E-state index in [0.717, 1.165) is 16.7 Å². The van der Waals surface area contributed by atoms with Gasteiger partial charge in [0, 0.05) is 24.1 Å². The lowest BCUT2D eigenvalue weighted by atomic mass is 9.85. The second kappa shape index (κ2) is 13.0. The summed E-state index contributed by atoms with van der Waals surface area (Å²) >= 11 is 0. The molecule has 0 amide bonds.